The van der Waals surface area contributed by atoms with Crippen molar-refractivity contribution in [1.82, 2.24) is 19.9 Å². The molecule has 0 aliphatic heterocycles. The van der Waals surface area contributed by atoms with Crippen LogP contribution in [0.5, 0.6) is 5.75 Å². The molecule has 214 valence electrons. The third-order valence-corrected chi connectivity index (χ3v) is 8.07. The molecule has 0 bridgehead atoms. The fourth-order valence-corrected chi connectivity index (χ4v) is 5.84. The fourth-order valence-electron chi connectivity index (χ4n) is 4.72. The van der Waals surface area contributed by atoms with Crippen molar-refractivity contribution in [2.75, 3.05) is 23.9 Å². The van der Waals surface area contributed by atoms with E-state index in [1.807, 2.05) is 19.0 Å². The van der Waals surface area contributed by atoms with Gasteiger partial charge in [-0.2, -0.15) is 8.42 Å². The van der Waals surface area contributed by atoms with Crippen molar-refractivity contribution in [1.29, 1.82) is 0 Å². The second kappa shape index (κ2) is 12.0. The molecule has 1 aromatic carbocycles. The number of carbonyl (C=O) groups is 1. The zero-order valence-corrected chi connectivity index (χ0v) is 22.3. The van der Waals surface area contributed by atoms with Crippen LogP contribution in [0.2, 0.25) is 0 Å². The summed E-state index contributed by atoms with van der Waals surface area (Å²) in [5.74, 6) is 0.0427. The second-order valence-corrected chi connectivity index (χ2v) is 11.0. The number of sulfonamides is 1. The van der Waals surface area contributed by atoms with Crippen molar-refractivity contribution in [3.05, 3.63) is 66.7 Å². The van der Waals surface area contributed by atoms with E-state index in [0.29, 0.717) is 29.5 Å². The number of hydrogen-bond donors (Lipinski definition) is 1. The fraction of sp³-hybridized carbons (Fsp3) is 0.360. The molecule has 0 amide bonds. The highest BCUT2D eigenvalue weighted by atomic mass is 32.2. The summed E-state index contributed by atoms with van der Waals surface area (Å²) in [5, 5.41) is 3.35. The topological polar surface area (TPSA) is 127 Å². The Bertz CT molecular complexity index is 1390. The monoisotopic (exact) mass is 580 g/mol. The summed E-state index contributed by atoms with van der Waals surface area (Å²) in [6.07, 6.45) is 0.860. The van der Waals surface area contributed by atoms with Gasteiger partial charge in [0.25, 0.3) is 10.0 Å². The molecule has 2 aromatic heterocycles. The highest BCUT2D eigenvalue weighted by molar-refractivity contribution is 7.92. The van der Waals surface area contributed by atoms with E-state index in [2.05, 4.69) is 29.8 Å². The average molecular weight is 581 g/mol. The normalized spacial score (nSPS) is 19.6. The molecule has 1 fully saturated rings. The standard InChI is InChI=1S/C25H27F3N6O5S/c1-33(2)22-13-18(17-4-3-5-19(12-17)39-25(26,27)28)6-8-21(22)32-23-9-7-20(14-30-23)40(36,37)34(38-16-35)24-10-11-29-15-31-24/h3-5,7,9-12,14-16,18,21-22H,6,8,13H2,1-2H3,(H,30,32)/t18-,21-,22-/m0/s1. The Kier molecular flexibility index (Phi) is 8.73. The number of aromatic nitrogens is 3. The van der Waals surface area contributed by atoms with E-state index in [0.717, 1.165) is 18.1 Å². The Balaban J connectivity index is 1.47. The second-order valence-electron chi connectivity index (χ2n) is 9.29. The van der Waals surface area contributed by atoms with Crippen LogP contribution in [-0.4, -0.2) is 67.3 Å². The van der Waals surface area contributed by atoms with Gasteiger partial charge in [-0.3, -0.25) is 4.79 Å². The number of benzene rings is 1. The number of hydrogen-bond acceptors (Lipinski definition) is 10. The summed E-state index contributed by atoms with van der Waals surface area (Å²) in [5.41, 5.74) is 0.769. The lowest BCUT2D eigenvalue weighted by molar-refractivity contribution is -0.274. The molecule has 3 atom stereocenters. The molecule has 40 heavy (non-hydrogen) atoms. The van der Waals surface area contributed by atoms with E-state index in [1.54, 1.807) is 12.1 Å². The van der Waals surface area contributed by atoms with Crippen LogP contribution in [0, 0.1) is 0 Å². The Hall–Kier alpha value is -3.98. The lowest BCUT2D eigenvalue weighted by Gasteiger charge is -2.40. The zero-order chi connectivity index (χ0) is 28.9. The van der Waals surface area contributed by atoms with Gasteiger partial charge >= 0.3 is 12.8 Å². The number of anilines is 2. The first-order valence-electron chi connectivity index (χ1n) is 12.1. The summed E-state index contributed by atoms with van der Waals surface area (Å²) < 4.78 is 68.7. The molecule has 1 aliphatic rings. The third-order valence-electron chi connectivity index (χ3n) is 6.52. The van der Waals surface area contributed by atoms with Gasteiger partial charge in [0.1, 0.15) is 22.8 Å². The van der Waals surface area contributed by atoms with Crippen molar-refractivity contribution in [2.45, 2.75) is 48.5 Å². The number of pyridine rings is 1. The Labute approximate surface area is 229 Å². The first kappa shape index (κ1) is 29.0. The summed E-state index contributed by atoms with van der Waals surface area (Å²) in [7, 11) is -0.494. The molecule has 1 saturated carbocycles. The Morgan fingerprint density at radius 3 is 2.52 bits per heavy atom. The lowest BCUT2D eigenvalue weighted by atomic mass is 9.78. The number of likely N-dealkylation sites (N-methyl/N-ethyl adjacent to an activating group) is 1. The summed E-state index contributed by atoms with van der Waals surface area (Å²) in [6, 6.07) is 10.1. The van der Waals surface area contributed by atoms with Gasteiger partial charge in [-0.25, -0.2) is 15.0 Å². The van der Waals surface area contributed by atoms with Gasteiger partial charge in [-0.1, -0.05) is 16.6 Å². The molecule has 1 aliphatic carbocycles. The van der Waals surface area contributed by atoms with Gasteiger partial charge < -0.3 is 19.8 Å². The number of carbonyl (C=O) groups excluding carboxylic acids is 1. The predicted molar refractivity (Wildman–Crippen MR) is 138 cm³/mol. The molecular formula is C25H27F3N6O5S. The van der Waals surface area contributed by atoms with Gasteiger partial charge in [-0.05, 0) is 69.1 Å². The molecular weight excluding hydrogens is 553 g/mol. The minimum Gasteiger partial charge on any atom is -0.406 e. The molecule has 1 N–H and O–H groups in total. The van der Waals surface area contributed by atoms with Crippen LogP contribution in [0.25, 0.3) is 0 Å². The molecule has 15 heteroatoms. The predicted octanol–water partition coefficient (Wildman–Crippen LogP) is 3.73. The maximum atomic E-state index is 13.1. The molecule has 0 radical (unpaired) electrons. The first-order chi connectivity index (χ1) is 19.0. The molecule has 2 heterocycles. The van der Waals surface area contributed by atoms with Crippen LogP contribution in [0.4, 0.5) is 24.8 Å². The SMILES string of the molecule is CN(C)[C@H]1C[C@@H](c2cccc(OC(F)(F)F)c2)CC[C@@H]1Nc1ccc(S(=O)(=O)N(OC=O)c2ccncn2)cn1. The number of alkyl halides is 3. The molecule has 0 saturated heterocycles. The zero-order valence-electron chi connectivity index (χ0n) is 21.5. The molecule has 3 aromatic rings. The van der Waals surface area contributed by atoms with Crippen molar-refractivity contribution in [3.63, 3.8) is 0 Å². The van der Waals surface area contributed by atoms with Gasteiger partial charge in [0.15, 0.2) is 5.82 Å². The molecule has 0 unspecified atom stereocenters. The van der Waals surface area contributed by atoms with Crippen molar-refractivity contribution >= 4 is 28.1 Å². The Morgan fingerprint density at radius 2 is 1.90 bits per heavy atom. The maximum absolute atomic E-state index is 13.1. The van der Waals surface area contributed by atoms with Crippen LogP contribution < -0.4 is 14.5 Å². The molecule has 11 nitrogen and oxygen atoms in total. The average Bonchev–Trinajstić information content (AvgIpc) is 2.91. The first-order valence-corrected chi connectivity index (χ1v) is 13.6. The van der Waals surface area contributed by atoms with Crippen molar-refractivity contribution in [3.8, 4) is 5.75 Å². The van der Waals surface area contributed by atoms with Crippen LogP contribution >= 0.6 is 0 Å². The van der Waals surface area contributed by atoms with Crippen LogP contribution in [0.1, 0.15) is 30.7 Å². The third kappa shape index (κ3) is 6.96. The number of nitrogens with zero attached hydrogens (tertiary/aromatic N) is 5. The van der Waals surface area contributed by atoms with E-state index in [9.17, 15) is 26.4 Å². The van der Waals surface area contributed by atoms with Crippen LogP contribution in [0.15, 0.2) is 66.1 Å². The maximum Gasteiger partial charge on any atom is 0.573 e. The largest absolute Gasteiger partial charge is 0.573 e. The minimum atomic E-state index is -4.76. The van der Waals surface area contributed by atoms with Gasteiger partial charge in [0.2, 0.25) is 0 Å². The van der Waals surface area contributed by atoms with E-state index in [1.165, 1.54) is 36.5 Å². The smallest absolute Gasteiger partial charge is 0.406 e. The van der Waals surface area contributed by atoms with E-state index < -0.39 is 16.4 Å². The summed E-state index contributed by atoms with van der Waals surface area (Å²) >= 11 is 0. The molecule has 4 rings (SSSR count). The quantitative estimate of drug-likeness (QED) is 0.280. The number of nitrogens with one attached hydrogen (secondary N) is 1. The van der Waals surface area contributed by atoms with E-state index in [4.69, 9.17) is 0 Å². The van der Waals surface area contributed by atoms with Crippen molar-refractivity contribution in [2.24, 2.45) is 0 Å². The summed E-state index contributed by atoms with van der Waals surface area (Å²) in [6.45, 7) is -0.0274. The van der Waals surface area contributed by atoms with Crippen molar-refractivity contribution < 1.29 is 36.0 Å². The lowest BCUT2D eigenvalue weighted by Crippen LogP contribution is -2.47. The summed E-state index contributed by atoms with van der Waals surface area (Å²) in [4.78, 5) is 29.2. The highest BCUT2D eigenvalue weighted by Crippen LogP contribution is 2.37. The van der Waals surface area contributed by atoms with E-state index in [-0.39, 0.29) is 40.9 Å². The number of rotatable bonds is 10. The number of halogens is 3. The van der Waals surface area contributed by atoms with Gasteiger partial charge in [0.05, 0.1) is 0 Å². The number of ether oxygens (including phenoxy) is 1. The van der Waals surface area contributed by atoms with Crippen LogP contribution in [0.3, 0.4) is 0 Å². The van der Waals surface area contributed by atoms with Gasteiger partial charge in [-0.15, -0.1) is 13.2 Å². The van der Waals surface area contributed by atoms with Gasteiger partial charge in [0, 0.05) is 30.5 Å². The van der Waals surface area contributed by atoms with Crippen LogP contribution in [-0.2, 0) is 19.7 Å². The Morgan fingerprint density at radius 1 is 1.10 bits per heavy atom. The molecule has 0 spiro atoms. The van der Waals surface area contributed by atoms with E-state index >= 15 is 0 Å². The highest BCUT2D eigenvalue weighted by Gasteiger charge is 2.35. The minimum absolute atomic E-state index is 0.00500.